The number of rotatable bonds is 3. The summed E-state index contributed by atoms with van der Waals surface area (Å²) in [4.78, 5) is 35.8. The summed E-state index contributed by atoms with van der Waals surface area (Å²) in [5, 5.41) is 0. The van der Waals surface area contributed by atoms with Crippen molar-refractivity contribution in [2.45, 2.75) is 56.5 Å². The molecule has 3 heterocycles. The Bertz CT molecular complexity index is 1070. The lowest BCUT2D eigenvalue weighted by Crippen LogP contribution is -2.57. The Labute approximate surface area is 208 Å². The first kappa shape index (κ1) is 22.6. The third kappa shape index (κ3) is 4.02. The number of amides is 3. The van der Waals surface area contributed by atoms with Gasteiger partial charge in [-0.05, 0) is 42.9 Å². The molecule has 35 heavy (non-hydrogen) atoms. The maximum Gasteiger partial charge on any atom is 0.320 e. The van der Waals surface area contributed by atoms with Gasteiger partial charge in [0.2, 0.25) is 5.91 Å². The number of benzene rings is 2. The highest BCUT2D eigenvalue weighted by Crippen LogP contribution is 2.48. The lowest BCUT2D eigenvalue weighted by Gasteiger charge is -2.43. The first-order valence-electron chi connectivity index (χ1n) is 13.4. The third-order valence-electron chi connectivity index (χ3n) is 8.86. The molecular weight excluding hydrogens is 436 g/mol. The van der Waals surface area contributed by atoms with Crippen LogP contribution in [0.1, 0.15) is 49.7 Å². The number of urea groups is 1. The van der Waals surface area contributed by atoms with Crippen molar-refractivity contribution >= 4 is 17.6 Å². The molecule has 4 aliphatic rings. The molecule has 1 saturated carbocycles. The van der Waals surface area contributed by atoms with Crippen molar-refractivity contribution in [2.24, 2.45) is 0 Å². The van der Waals surface area contributed by atoms with Gasteiger partial charge in [0.1, 0.15) is 0 Å². The number of para-hydroxylation sites is 1. The second-order valence-corrected chi connectivity index (χ2v) is 10.7. The first-order chi connectivity index (χ1) is 17.2. The van der Waals surface area contributed by atoms with E-state index >= 15 is 0 Å². The summed E-state index contributed by atoms with van der Waals surface area (Å²) >= 11 is 0. The van der Waals surface area contributed by atoms with Crippen LogP contribution in [0, 0.1) is 0 Å². The molecule has 0 radical (unpaired) electrons. The van der Waals surface area contributed by atoms with Crippen LogP contribution in [0.25, 0.3) is 0 Å². The van der Waals surface area contributed by atoms with Crippen molar-refractivity contribution < 1.29 is 9.59 Å². The third-order valence-corrected chi connectivity index (χ3v) is 8.86. The van der Waals surface area contributed by atoms with E-state index in [2.05, 4.69) is 29.2 Å². The zero-order chi connectivity index (χ0) is 23.8. The van der Waals surface area contributed by atoms with Gasteiger partial charge in [-0.25, -0.2) is 4.79 Å². The second-order valence-electron chi connectivity index (χ2n) is 10.7. The van der Waals surface area contributed by atoms with Gasteiger partial charge in [0.15, 0.2) is 0 Å². The van der Waals surface area contributed by atoms with Crippen molar-refractivity contribution in [2.75, 3.05) is 44.2 Å². The van der Waals surface area contributed by atoms with E-state index in [9.17, 15) is 9.59 Å². The van der Waals surface area contributed by atoms with Crippen molar-refractivity contribution in [3.63, 3.8) is 0 Å². The fraction of sp³-hybridized carbons (Fsp3) is 0.517. The Hall–Kier alpha value is -2.86. The zero-order valence-corrected chi connectivity index (χ0v) is 20.6. The molecule has 2 saturated heterocycles. The van der Waals surface area contributed by atoms with E-state index in [0.29, 0.717) is 32.5 Å². The van der Waals surface area contributed by atoms with E-state index < -0.39 is 5.41 Å². The van der Waals surface area contributed by atoms with Crippen LogP contribution in [-0.2, 0) is 16.8 Å². The fourth-order valence-electron chi connectivity index (χ4n) is 6.83. The molecule has 184 valence electrons. The van der Waals surface area contributed by atoms with E-state index in [1.54, 1.807) is 0 Å². The molecule has 3 amide bonds. The second kappa shape index (κ2) is 9.30. The highest BCUT2D eigenvalue weighted by molar-refractivity contribution is 6.08. The van der Waals surface area contributed by atoms with Gasteiger partial charge in [0.05, 0.1) is 12.0 Å². The van der Waals surface area contributed by atoms with E-state index in [4.69, 9.17) is 0 Å². The fourth-order valence-corrected chi connectivity index (χ4v) is 6.83. The number of hydrogen-bond acceptors (Lipinski definition) is 3. The van der Waals surface area contributed by atoms with Crippen LogP contribution < -0.4 is 4.90 Å². The summed E-state index contributed by atoms with van der Waals surface area (Å²) in [7, 11) is 0. The summed E-state index contributed by atoms with van der Waals surface area (Å²) in [5.41, 5.74) is 2.79. The van der Waals surface area contributed by atoms with Gasteiger partial charge in [0, 0.05) is 51.0 Å². The molecule has 3 aliphatic heterocycles. The number of hydrogen-bond donors (Lipinski definition) is 0. The smallest absolute Gasteiger partial charge is 0.320 e. The monoisotopic (exact) mass is 472 g/mol. The minimum atomic E-state index is -0.511. The molecule has 0 N–H and O–H groups in total. The maximum atomic E-state index is 13.9. The number of likely N-dealkylation sites (tertiary alicyclic amines) is 1. The molecule has 3 fully saturated rings. The van der Waals surface area contributed by atoms with E-state index in [1.165, 1.54) is 25.7 Å². The molecular formula is C29H36N4O2. The van der Waals surface area contributed by atoms with Crippen LogP contribution in [0.5, 0.6) is 0 Å². The van der Waals surface area contributed by atoms with Gasteiger partial charge >= 0.3 is 6.03 Å². The Balaban J connectivity index is 1.12. The van der Waals surface area contributed by atoms with Crippen LogP contribution in [0.2, 0.25) is 0 Å². The average molecular weight is 473 g/mol. The van der Waals surface area contributed by atoms with Gasteiger partial charge in [-0.1, -0.05) is 61.4 Å². The Morgan fingerprint density at radius 2 is 1.43 bits per heavy atom. The summed E-state index contributed by atoms with van der Waals surface area (Å²) in [6.45, 7) is 5.50. The molecule has 0 atom stereocenters. The average Bonchev–Trinajstić information content (AvgIpc) is 3.53. The molecule has 6 heteroatoms. The van der Waals surface area contributed by atoms with Crippen molar-refractivity contribution in [3.8, 4) is 0 Å². The van der Waals surface area contributed by atoms with E-state index in [0.717, 1.165) is 49.0 Å². The zero-order valence-electron chi connectivity index (χ0n) is 20.6. The molecule has 0 unspecified atom stereocenters. The van der Waals surface area contributed by atoms with Crippen molar-refractivity contribution in [3.05, 3.63) is 65.7 Å². The molecule has 2 aromatic rings. The predicted octanol–water partition coefficient (Wildman–Crippen LogP) is 4.25. The summed E-state index contributed by atoms with van der Waals surface area (Å²) < 4.78 is 0. The van der Waals surface area contributed by atoms with Crippen molar-refractivity contribution in [1.82, 2.24) is 14.7 Å². The standard InChI is InChI=1S/C29H36N4O2/c34-27-29(25-12-6-7-13-26(25)33(27)22-23-8-2-1-3-9-23)14-16-31(17-15-29)28(35)32-20-18-30(19-21-32)24-10-4-5-11-24/h1-3,6-9,12-13,24H,4-5,10-11,14-22H2. The van der Waals surface area contributed by atoms with E-state index in [1.807, 2.05) is 45.0 Å². The van der Waals surface area contributed by atoms with Gasteiger partial charge < -0.3 is 14.7 Å². The van der Waals surface area contributed by atoms with Crippen LogP contribution in [0.15, 0.2) is 54.6 Å². The number of piperazine rings is 1. The Morgan fingerprint density at radius 1 is 0.800 bits per heavy atom. The summed E-state index contributed by atoms with van der Waals surface area (Å²) in [6.07, 6.45) is 6.73. The Kier molecular flexibility index (Phi) is 6.01. The van der Waals surface area contributed by atoms with Crippen molar-refractivity contribution in [1.29, 1.82) is 0 Å². The topological polar surface area (TPSA) is 47.1 Å². The number of fused-ring (bicyclic) bond motifs is 2. The summed E-state index contributed by atoms with van der Waals surface area (Å²) in [6, 6.07) is 19.4. The van der Waals surface area contributed by atoms with Crippen LogP contribution >= 0.6 is 0 Å². The maximum absolute atomic E-state index is 13.9. The van der Waals surface area contributed by atoms with Gasteiger partial charge in [-0.3, -0.25) is 9.69 Å². The number of carbonyl (C=O) groups is 2. The van der Waals surface area contributed by atoms with Gasteiger partial charge in [0.25, 0.3) is 0 Å². The van der Waals surface area contributed by atoms with Gasteiger partial charge in [-0.15, -0.1) is 0 Å². The molecule has 0 bridgehead atoms. The number of anilines is 1. The first-order valence-corrected chi connectivity index (χ1v) is 13.4. The number of nitrogens with zero attached hydrogens (tertiary/aromatic N) is 4. The highest BCUT2D eigenvalue weighted by atomic mass is 16.2. The lowest BCUT2D eigenvalue weighted by molar-refractivity contribution is -0.124. The Morgan fingerprint density at radius 3 is 2.14 bits per heavy atom. The van der Waals surface area contributed by atoms with E-state index in [-0.39, 0.29) is 11.9 Å². The minimum absolute atomic E-state index is 0.158. The molecule has 1 aliphatic carbocycles. The SMILES string of the molecule is O=C(N1CCN(C2CCCC2)CC1)N1CCC2(CC1)C(=O)N(Cc1ccccc1)c1ccccc12. The quantitative estimate of drug-likeness (QED) is 0.671. The highest BCUT2D eigenvalue weighted by Gasteiger charge is 2.52. The normalized spacial score (nSPS) is 22.7. The molecule has 0 aromatic heterocycles. The molecule has 6 rings (SSSR count). The molecule has 1 spiro atoms. The predicted molar refractivity (Wildman–Crippen MR) is 137 cm³/mol. The largest absolute Gasteiger partial charge is 0.325 e. The summed E-state index contributed by atoms with van der Waals surface area (Å²) in [5.74, 6) is 0.194. The number of piperidine rings is 1. The van der Waals surface area contributed by atoms with Crippen LogP contribution in [0.4, 0.5) is 10.5 Å². The number of carbonyl (C=O) groups excluding carboxylic acids is 2. The van der Waals surface area contributed by atoms with Crippen LogP contribution in [0.3, 0.4) is 0 Å². The van der Waals surface area contributed by atoms with Crippen LogP contribution in [-0.4, -0.2) is 71.9 Å². The lowest BCUT2D eigenvalue weighted by atomic mass is 9.73. The molecule has 6 nitrogen and oxygen atoms in total. The van der Waals surface area contributed by atoms with Gasteiger partial charge in [-0.2, -0.15) is 0 Å². The minimum Gasteiger partial charge on any atom is -0.325 e. The molecule has 2 aromatic carbocycles.